The van der Waals surface area contributed by atoms with Gasteiger partial charge in [0.25, 0.3) is 0 Å². The van der Waals surface area contributed by atoms with Crippen LogP contribution in [-0.2, 0) is 20.4 Å². The second-order valence-electron chi connectivity index (χ2n) is 2.74. The Labute approximate surface area is 52.7 Å². The van der Waals surface area contributed by atoms with Crippen molar-refractivity contribution in [1.29, 1.82) is 0 Å². The van der Waals surface area contributed by atoms with Crippen LogP contribution in [-0.4, -0.2) is 8.07 Å². The van der Waals surface area contributed by atoms with Crippen molar-refractivity contribution in [3.8, 4) is 0 Å². The molecule has 0 heterocycles. The van der Waals surface area contributed by atoms with Gasteiger partial charge in [0.1, 0.15) is 0 Å². The third-order valence-corrected chi connectivity index (χ3v) is 6.56. The van der Waals surface area contributed by atoms with Gasteiger partial charge in [0, 0.05) is 0 Å². The molecule has 0 bridgehead atoms. The SMILES string of the molecule is C[Si](C)(C)[CH2][Ti]. The molecule has 0 saturated carbocycles. The van der Waals surface area contributed by atoms with Crippen LogP contribution in [0.2, 0.25) is 24.0 Å². The molecule has 0 aromatic rings. The normalized spacial score (nSPS) is 11.7. The van der Waals surface area contributed by atoms with Crippen LogP contribution in [0.1, 0.15) is 0 Å². The fourth-order valence-corrected chi connectivity index (χ4v) is 0. The maximum atomic E-state index is 2.38. The van der Waals surface area contributed by atoms with Gasteiger partial charge in [-0.05, 0) is 0 Å². The van der Waals surface area contributed by atoms with E-state index in [1.807, 2.05) is 0 Å². The first-order chi connectivity index (χ1) is 2.56. The molecule has 0 radical (unpaired) electrons. The monoisotopic (exact) mass is 135 g/mol. The van der Waals surface area contributed by atoms with E-state index in [4.69, 9.17) is 0 Å². The Bertz CT molecular complexity index is 37.3. The molecule has 0 rings (SSSR count). The Kier molecular flexibility index (Phi) is 2.65. The minimum atomic E-state index is -0.631. The molecule has 0 aromatic heterocycles. The van der Waals surface area contributed by atoms with Gasteiger partial charge in [-0.1, -0.05) is 0 Å². The van der Waals surface area contributed by atoms with E-state index in [9.17, 15) is 0 Å². The van der Waals surface area contributed by atoms with Crippen LogP contribution < -0.4 is 0 Å². The van der Waals surface area contributed by atoms with Crippen LogP contribution >= 0.6 is 0 Å². The van der Waals surface area contributed by atoms with Gasteiger partial charge in [-0.15, -0.1) is 0 Å². The van der Waals surface area contributed by atoms with Gasteiger partial charge in [0.15, 0.2) is 0 Å². The molecule has 6 heavy (non-hydrogen) atoms. The summed E-state index contributed by atoms with van der Waals surface area (Å²) in [6, 6.07) is 0. The number of rotatable bonds is 1. The standard InChI is InChI=1S/C4H11Si.Ti/c1-5(2,3)4;/h1H2,2-4H3;. The molecule has 0 aliphatic rings. The first-order valence-corrected chi connectivity index (χ1v) is 7.02. The summed E-state index contributed by atoms with van der Waals surface area (Å²) >= 11 is 2.27. The predicted molar refractivity (Wildman–Crippen MR) is 28.2 cm³/mol. The van der Waals surface area contributed by atoms with E-state index >= 15 is 0 Å². The zero-order valence-corrected chi connectivity index (χ0v) is 7.27. The molecule has 0 unspecified atom stereocenters. The van der Waals surface area contributed by atoms with E-state index in [1.165, 1.54) is 4.35 Å². The van der Waals surface area contributed by atoms with Gasteiger partial charge < -0.3 is 0 Å². The molecule has 2 heteroatoms. The first kappa shape index (κ1) is 6.93. The van der Waals surface area contributed by atoms with Gasteiger partial charge in [0.05, 0.1) is 0 Å². The summed E-state index contributed by atoms with van der Waals surface area (Å²) in [6.45, 7) is 7.15. The van der Waals surface area contributed by atoms with Crippen LogP contribution in [0, 0.1) is 0 Å². The minimum absolute atomic E-state index is 0.631. The molecule has 0 fully saturated rings. The molecule has 0 aliphatic heterocycles. The van der Waals surface area contributed by atoms with Gasteiger partial charge in [0.2, 0.25) is 0 Å². The van der Waals surface area contributed by atoms with E-state index in [-0.39, 0.29) is 0 Å². The van der Waals surface area contributed by atoms with Crippen molar-refractivity contribution in [3.63, 3.8) is 0 Å². The van der Waals surface area contributed by atoms with E-state index in [0.29, 0.717) is 0 Å². The van der Waals surface area contributed by atoms with E-state index < -0.39 is 8.07 Å². The van der Waals surface area contributed by atoms with E-state index in [2.05, 4.69) is 40.1 Å². The summed E-state index contributed by atoms with van der Waals surface area (Å²) in [4.78, 5) is 0. The summed E-state index contributed by atoms with van der Waals surface area (Å²) in [5.74, 6) is 0. The molecular weight excluding hydrogens is 124 g/mol. The summed E-state index contributed by atoms with van der Waals surface area (Å²) in [7, 11) is -0.631. The molecule has 0 spiro atoms. The predicted octanol–water partition coefficient (Wildman–Crippen LogP) is 1.83. The molecule has 0 N–H and O–H groups in total. The topological polar surface area (TPSA) is 0 Å². The summed E-state index contributed by atoms with van der Waals surface area (Å²) in [6.07, 6.45) is 0. The molecule has 0 saturated heterocycles. The van der Waals surface area contributed by atoms with Crippen LogP contribution in [0.25, 0.3) is 0 Å². The van der Waals surface area contributed by atoms with E-state index in [1.54, 1.807) is 0 Å². The third-order valence-electron chi connectivity index (χ3n) is 0.530. The molecular formula is C4H11SiTi. The Morgan fingerprint density at radius 3 is 1.50 bits per heavy atom. The van der Waals surface area contributed by atoms with Crippen LogP contribution in [0.4, 0.5) is 0 Å². The zero-order chi connectivity index (χ0) is 5.21. The van der Waals surface area contributed by atoms with Crippen molar-refractivity contribution >= 4 is 8.07 Å². The van der Waals surface area contributed by atoms with Crippen molar-refractivity contribution < 1.29 is 20.4 Å². The van der Waals surface area contributed by atoms with Crippen molar-refractivity contribution in [2.24, 2.45) is 0 Å². The second-order valence-corrected chi connectivity index (χ2v) is 9.87. The van der Waals surface area contributed by atoms with Crippen LogP contribution in [0.5, 0.6) is 0 Å². The Balaban J connectivity index is 3.17. The van der Waals surface area contributed by atoms with Crippen molar-refractivity contribution in [3.05, 3.63) is 0 Å². The van der Waals surface area contributed by atoms with Gasteiger partial charge in [-0.25, -0.2) is 0 Å². The molecule has 0 aliphatic carbocycles. The maximum absolute atomic E-state index is 2.38. The van der Waals surface area contributed by atoms with Gasteiger partial charge in [-0.3, -0.25) is 0 Å². The van der Waals surface area contributed by atoms with Crippen molar-refractivity contribution in [2.75, 3.05) is 0 Å². The average molecular weight is 135 g/mol. The van der Waals surface area contributed by atoms with E-state index in [0.717, 1.165) is 0 Å². The fraction of sp³-hybridized carbons (Fsp3) is 1.00. The zero-order valence-electron chi connectivity index (χ0n) is 4.71. The van der Waals surface area contributed by atoms with Gasteiger partial charge >= 0.3 is 52.5 Å². The van der Waals surface area contributed by atoms with Crippen LogP contribution in [0.15, 0.2) is 0 Å². The van der Waals surface area contributed by atoms with Crippen molar-refractivity contribution in [2.45, 2.75) is 24.0 Å². The van der Waals surface area contributed by atoms with Crippen molar-refractivity contribution in [1.82, 2.24) is 0 Å². The molecule has 35 valence electrons. The van der Waals surface area contributed by atoms with Crippen LogP contribution in [0.3, 0.4) is 0 Å². The molecule has 0 aromatic carbocycles. The third kappa shape index (κ3) is 4.93. The first-order valence-electron chi connectivity index (χ1n) is 2.21. The summed E-state index contributed by atoms with van der Waals surface area (Å²) < 4.78 is 1.41. The molecule has 0 nitrogen and oxygen atoms in total. The molecule has 0 amide bonds. The number of hydrogen-bond acceptors (Lipinski definition) is 0. The average Bonchev–Trinajstić information content (AvgIpc) is 1.35. The Morgan fingerprint density at radius 2 is 1.50 bits per heavy atom. The number of hydrogen-bond donors (Lipinski definition) is 0. The fourth-order valence-electron chi connectivity index (χ4n) is 0. The summed E-state index contributed by atoms with van der Waals surface area (Å²) in [5, 5.41) is 0. The van der Waals surface area contributed by atoms with Gasteiger partial charge in [-0.2, -0.15) is 0 Å². The second kappa shape index (κ2) is 2.29. The Morgan fingerprint density at radius 1 is 1.33 bits per heavy atom. The quantitative estimate of drug-likeness (QED) is 0.481. The Hall–Kier alpha value is 0.931. The summed E-state index contributed by atoms with van der Waals surface area (Å²) in [5.41, 5.74) is 0. The molecule has 0 atom stereocenters.